The van der Waals surface area contributed by atoms with E-state index in [0.717, 1.165) is 32.4 Å². The van der Waals surface area contributed by atoms with Crippen LogP contribution in [-0.4, -0.2) is 50.7 Å². The van der Waals surface area contributed by atoms with E-state index in [-0.39, 0.29) is 17.4 Å². The van der Waals surface area contributed by atoms with Gasteiger partial charge in [0, 0.05) is 26.1 Å². The fourth-order valence-corrected chi connectivity index (χ4v) is 3.68. The van der Waals surface area contributed by atoms with Crippen molar-refractivity contribution < 1.29 is 9.53 Å². The molecule has 2 rings (SSSR count). The molecule has 0 radical (unpaired) electrons. The van der Waals surface area contributed by atoms with Gasteiger partial charge in [-0.2, -0.15) is 0 Å². The van der Waals surface area contributed by atoms with Crippen molar-refractivity contribution in [3.8, 4) is 0 Å². The zero-order valence-electron chi connectivity index (χ0n) is 16.3. The Hall–Kier alpha value is -1.39. The molecule has 0 aliphatic carbocycles. The number of hydrogen-bond acceptors (Lipinski definition) is 3. The quantitative estimate of drug-likeness (QED) is 0.786. The number of carbonyl (C=O) groups excluding carboxylic acids is 1. The van der Waals surface area contributed by atoms with Gasteiger partial charge in [0.15, 0.2) is 0 Å². The van der Waals surface area contributed by atoms with Crippen LogP contribution in [0.3, 0.4) is 0 Å². The Labute approximate surface area is 152 Å². The lowest BCUT2D eigenvalue weighted by Gasteiger charge is -2.42. The maximum atomic E-state index is 12.6. The number of amides is 1. The maximum absolute atomic E-state index is 12.6. The zero-order chi connectivity index (χ0) is 18.3. The van der Waals surface area contributed by atoms with Crippen LogP contribution >= 0.6 is 0 Å². The third-order valence-corrected chi connectivity index (χ3v) is 5.18. The first-order valence-corrected chi connectivity index (χ1v) is 9.47. The summed E-state index contributed by atoms with van der Waals surface area (Å²) in [5.74, 6) is 0.648. The van der Waals surface area contributed by atoms with Crippen molar-refractivity contribution in [3.63, 3.8) is 0 Å². The van der Waals surface area contributed by atoms with Crippen LogP contribution < -0.4 is 5.32 Å². The van der Waals surface area contributed by atoms with Gasteiger partial charge in [0.05, 0.1) is 6.10 Å². The molecule has 2 atom stereocenters. The van der Waals surface area contributed by atoms with E-state index in [9.17, 15) is 4.79 Å². The van der Waals surface area contributed by atoms with Crippen molar-refractivity contribution >= 4 is 5.91 Å². The minimum absolute atomic E-state index is 0.00323. The standard InChI is InChI=1S/C21H34N2O2/c1-17(2)19-15-21(10-13-25-19,14-18-8-6-5-7-9-18)16-20(24)22-11-12-23(3)4/h5-9,17,19H,10-16H2,1-4H3,(H,22,24)/t19-,21+/m1/s1. The predicted octanol–water partition coefficient (Wildman–Crippen LogP) is 3.12. The number of hydrogen-bond donors (Lipinski definition) is 1. The summed E-state index contributed by atoms with van der Waals surface area (Å²) in [6.45, 7) is 6.74. The van der Waals surface area contributed by atoms with E-state index in [0.29, 0.717) is 18.9 Å². The van der Waals surface area contributed by atoms with Crippen LogP contribution in [-0.2, 0) is 16.0 Å². The number of rotatable bonds is 8. The second kappa shape index (κ2) is 9.35. The summed E-state index contributed by atoms with van der Waals surface area (Å²) < 4.78 is 5.99. The minimum Gasteiger partial charge on any atom is -0.378 e. The predicted molar refractivity (Wildman–Crippen MR) is 103 cm³/mol. The third kappa shape index (κ3) is 6.44. The highest BCUT2D eigenvalue weighted by Crippen LogP contribution is 2.41. The molecule has 0 unspecified atom stereocenters. The van der Waals surface area contributed by atoms with Crippen LogP contribution in [0, 0.1) is 11.3 Å². The average Bonchev–Trinajstić information content (AvgIpc) is 2.55. The van der Waals surface area contributed by atoms with Gasteiger partial charge in [-0.05, 0) is 50.3 Å². The topological polar surface area (TPSA) is 41.6 Å². The van der Waals surface area contributed by atoms with Crippen molar-refractivity contribution in [1.82, 2.24) is 10.2 Å². The Kier molecular flexibility index (Phi) is 7.45. The SMILES string of the molecule is CC(C)[C@H]1C[C@@](CC(=O)NCCN(C)C)(Cc2ccccc2)CCO1. The molecule has 1 fully saturated rings. The Morgan fingerprint density at radius 3 is 2.68 bits per heavy atom. The lowest BCUT2D eigenvalue weighted by Crippen LogP contribution is -2.43. The van der Waals surface area contributed by atoms with Crippen LogP contribution in [0.15, 0.2) is 30.3 Å². The summed E-state index contributed by atoms with van der Waals surface area (Å²) >= 11 is 0. The first-order valence-electron chi connectivity index (χ1n) is 9.47. The van der Waals surface area contributed by atoms with E-state index in [2.05, 4.69) is 48.3 Å². The van der Waals surface area contributed by atoms with Gasteiger partial charge in [0.1, 0.15) is 0 Å². The van der Waals surface area contributed by atoms with Gasteiger partial charge in [0.25, 0.3) is 0 Å². The number of nitrogens with zero attached hydrogens (tertiary/aromatic N) is 1. The third-order valence-electron chi connectivity index (χ3n) is 5.18. The molecule has 1 saturated heterocycles. The van der Waals surface area contributed by atoms with E-state index >= 15 is 0 Å². The second-order valence-corrected chi connectivity index (χ2v) is 8.10. The van der Waals surface area contributed by atoms with Gasteiger partial charge in [-0.1, -0.05) is 44.2 Å². The Morgan fingerprint density at radius 1 is 1.32 bits per heavy atom. The number of nitrogens with one attached hydrogen (secondary N) is 1. The molecule has 1 amide bonds. The van der Waals surface area contributed by atoms with Crippen molar-refractivity contribution in [2.24, 2.45) is 11.3 Å². The zero-order valence-corrected chi connectivity index (χ0v) is 16.3. The molecule has 1 heterocycles. The summed E-state index contributed by atoms with van der Waals surface area (Å²) in [5.41, 5.74) is 1.31. The first kappa shape index (κ1) is 19.9. The van der Waals surface area contributed by atoms with Gasteiger partial charge < -0.3 is 15.0 Å². The molecule has 1 N–H and O–H groups in total. The van der Waals surface area contributed by atoms with E-state index in [1.165, 1.54) is 5.56 Å². The number of benzene rings is 1. The van der Waals surface area contributed by atoms with Crippen LogP contribution in [0.4, 0.5) is 0 Å². The van der Waals surface area contributed by atoms with Crippen LogP contribution in [0.5, 0.6) is 0 Å². The number of ether oxygens (including phenoxy) is 1. The molecule has 1 aromatic carbocycles. The van der Waals surface area contributed by atoms with Gasteiger partial charge in [0.2, 0.25) is 5.91 Å². The molecule has 1 aliphatic heterocycles. The largest absolute Gasteiger partial charge is 0.378 e. The second-order valence-electron chi connectivity index (χ2n) is 8.10. The molecule has 4 nitrogen and oxygen atoms in total. The average molecular weight is 347 g/mol. The van der Waals surface area contributed by atoms with Crippen LogP contribution in [0.25, 0.3) is 0 Å². The Balaban J connectivity index is 2.07. The Bertz CT molecular complexity index is 530. The lowest BCUT2D eigenvalue weighted by atomic mass is 9.69. The van der Waals surface area contributed by atoms with Gasteiger partial charge in [-0.15, -0.1) is 0 Å². The van der Waals surface area contributed by atoms with Crippen LogP contribution in [0.1, 0.15) is 38.7 Å². The van der Waals surface area contributed by atoms with Gasteiger partial charge >= 0.3 is 0 Å². The molecular formula is C21H34N2O2. The van der Waals surface area contributed by atoms with E-state index in [4.69, 9.17) is 4.74 Å². The summed E-state index contributed by atoms with van der Waals surface area (Å²) in [6.07, 6.45) is 3.68. The summed E-state index contributed by atoms with van der Waals surface area (Å²) in [7, 11) is 4.05. The van der Waals surface area contributed by atoms with E-state index < -0.39 is 0 Å². The van der Waals surface area contributed by atoms with Crippen molar-refractivity contribution in [3.05, 3.63) is 35.9 Å². The Morgan fingerprint density at radius 2 is 2.04 bits per heavy atom. The van der Waals surface area contributed by atoms with Crippen molar-refractivity contribution in [2.75, 3.05) is 33.8 Å². The maximum Gasteiger partial charge on any atom is 0.220 e. The molecule has 0 saturated carbocycles. The van der Waals surface area contributed by atoms with Gasteiger partial charge in [-0.3, -0.25) is 4.79 Å². The van der Waals surface area contributed by atoms with Crippen LogP contribution in [0.2, 0.25) is 0 Å². The smallest absolute Gasteiger partial charge is 0.220 e. The molecule has 0 aromatic heterocycles. The molecule has 4 heteroatoms. The fourth-order valence-electron chi connectivity index (χ4n) is 3.68. The lowest BCUT2D eigenvalue weighted by molar-refractivity contribution is -0.128. The molecular weight excluding hydrogens is 312 g/mol. The summed E-state index contributed by atoms with van der Waals surface area (Å²) in [6, 6.07) is 10.6. The molecule has 25 heavy (non-hydrogen) atoms. The number of carbonyl (C=O) groups is 1. The minimum atomic E-state index is -0.00323. The molecule has 1 aliphatic rings. The summed E-state index contributed by atoms with van der Waals surface area (Å²) in [5, 5.41) is 3.09. The van der Waals surface area contributed by atoms with Crippen molar-refractivity contribution in [2.45, 2.75) is 45.6 Å². The van der Waals surface area contributed by atoms with E-state index in [1.807, 2.05) is 20.2 Å². The molecule has 140 valence electrons. The molecule has 0 bridgehead atoms. The fraction of sp³-hybridized carbons (Fsp3) is 0.667. The van der Waals surface area contributed by atoms with Crippen molar-refractivity contribution in [1.29, 1.82) is 0 Å². The molecule has 1 aromatic rings. The normalized spacial score (nSPS) is 23.8. The monoisotopic (exact) mass is 346 g/mol. The summed E-state index contributed by atoms with van der Waals surface area (Å²) in [4.78, 5) is 14.7. The number of likely N-dealkylation sites (N-methyl/N-ethyl adjacent to an activating group) is 1. The first-order chi connectivity index (χ1) is 11.9. The highest BCUT2D eigenvalue weighted by molar-refractivity contribution is 5.76. The highest BCUT2D eigenvalue weighted by Gasteiger charge is 2.39. The van der Waals surface area contributed by atoms with Gasteiger partial charge in [-0.25, -0.2) is 0 Å². The van der Waals surface area contributed by atoms with E-state index in [1.54, 1.807) is 0 Å². The highest BCUT2D eigenvalue weighted by atomic mass is 16.5. The molecule has 0 spiro atoms.